The molecule has 1 N–H and O–H groups in total. The van der Waals surface area contributed by atoms with Gasteiger partial charge in [0, 0.05) is 17.7 Å². The highest BCUT2D eigenvalue weighted by molar-refractivity contribution is 7.81. The van der Waals surface area contributed by atoms with Crippen molar-refractivity contribution in [3.05, 3.63) is 33.8 Å². The Morgan fingerprint density at radius 3 is 2.65 bits per heavy atom. The zero-order valence-electron chi connectivity index (χ0n) is 11.8. The number of ether oxygens (including phenoxy) is 1. The first kappa shape index (κ1) is 17.9. The van der Waals surface area contributed by atoms with E-state index in [4.69, 9.17) is 45.4 Å². The van der Waals surface area contributed by atoms with Crippen molar-refractivity contribution in [3.8, 4) is 11.8 Å². The van der Waals surface area contributed by atoms with Crippen LogP contribution in [0.15, 0.2) is 23.2 Å². The Balaban J connectivity index is 2.57. The predicted molar refractivity (Wildman–Crippen MR) is 90.4 cm³/mol. The smallest absolute Gasteiger partial charge is 0.201 e. The van der Waals surface area contributed by atoms with E-state index in [1.54, 1.807) is 18.2 Å². The summed E-state index contributed by atoms with van der Waals surface area (Å²) >= 11 is 17.7. The summed E-state index contributed by atoms with van der Waals surface area (Å²) in [4.78, 5) is 0.161. The van der Waals surface area contributed by atoms with Gasteiger partial charge in [-0.1, -0.05) is 41.5 Å². The molecule has 0 spiro atoms. The van der Waals surface area contributed by atoms with Gasteiger partial charge in [-0.05, 0) is 12.1 Å². The third-order valence-electron chi connectivity index (χ3n) is 3.33. The van der Waals surface area contributed by atoms with Crippen LogP contribution in [0, 0.1) is 11.3 Å². The number of halogens is 4. The summed E-state index contributed by atoms with van der Waals surface area (Å²) in [5.41, 5.74) is -1.33. The number of nitrogens with zero attached hydrogens (tertiary/aromatic N) is 1. The maximum absolute atomic E-state index is 13.5. The number of nitrogens with one attached hydrogen (secondary N) is 1. The van der Waals surface area contributed by atoms with Gasteiger partial charge in [0.25, 0.3) is 0 Å². The average Bonchev–Trinajstić information content (AvgIpc) is 2.55. The first-order valence-corrected chi connectivity index (χ1v) is 7.82. The van der Waals surface area contributed by atoms with E-state index in [1.165, 1.54) is 0 Å². The van der Waals surface area contributed by atoms with E-state index in [2.05, 4.69) is 5.32 Å². The molecule has 0 aromatic heterocycles. The van der Waals surface area contributed by atoms with Crippen molar-refractivity contribution in [2.45, 2.75) is 12.0 Å². The molecule has 0 unspecified atom stereocenters. The van der Waals surface area contributed by atoms with Crippen LogP contribution in [0.1, 0.15) is 12.0 Å². The maximum Gasteiger partial charge on any atom is 0.201 e. The zero-order valence-corrected chi connectivity index (χ0v) is 14.2. The quantitative estimate of drug-likeness (QED) is 0.618. The van der Waals surface area contributed by atoms with Crippen LogP contribution in [0.2, 0.25) is 5.02 Å². The third-order valence-corrected chi connectivity index (χ3v) is 4.53. The Labute approximate surface area is 147 Å². The monoisotopic (exact) mass is 376 g/mol. The van der Waals surface area contributed by atoms with Gasteiger partial charge >= 0.3 is 0 Å². The van der Waals surface area contributed by atoms with Gasteiger partial charge in [0.2, 0.25) is 5.60 Å². The van der Waals surface area contributed by atoms with Crippen LogP contribution in [0.3, 0.4) is 0 Å². The van der Waals surface area contributed by atoms with E-state index >= 15 is 0 Å². The van der Waals surface area contributed by atoms with E-state index < -0.39 is 19.0 Å². The molecule has 3 nitrogen and oxygen atoms in total. The Kier molecular flexibility index (Phi) is 5.79. The highest BCUT2D eigenvalue weighted by Crippen LogP contribution is 2.46. The van der Waals surface area contributed by atoms with Gasteiger partial charge in [-0.2, -0.15) is 5.26 Å². The topological polar surface area (TPSA) is 45.0 Å². The number of alkyl halides is 2. The van der Waals surface area contributed by atoms with Gasteiger partial charge < -0.3 is 10.1 Å². The van der Waals surface area contributed by atoms with Crippen LogP contribution in [0.4, 0.5) is 8.78 Å². The summed E-state index contributed by atoms with van der Waals surface area (Å²) in [5.74, 6) is 0.205. The number of nitriles is 1. The van der Waals surface area contributed by atoms with E-state index in [-0.39, 0.29) is 34.3 Å². The fourth-order valence-electron chi connectivity index (χ4n) is 2.17. The summed E-state index contributed by atoms with van der Waals surface area (Å²) in [6.45, 7) is -2.03. The lowest BCUT2D eigenvalue weighted by Crippen LogP contribution is -2.45. The highest BCUT2D eigenvalue weighted by atomic mass is 35.5. The molecule has 0 fully saturated rings. The SMILES string of the molecule is N#CCCNC(=S)C1=C(Cl)C(CF)(CF)Oc2cccc(Cl)c21. The number of benzene rings is 1. The summed E-state index contributed by atoms with van der Waals surface area (Å²) < 4.78 is 32.5. The largest absolute Gasteiger partial charge is 0.475 e. The molecule has 2 rings (SSSR count). The van der Waals surface area contributed by atoms with Crippen molar-refractivity contribution < 1.29 is 13.5 Å². The van der Waals surface area contributed by atoms with E-state index in [1.807, 2.05) is 6.07 Å². The standard InChI is InChI=1S/C15H12Cl2F2N2OS/c16-9-3-1-4-10-11(9)12(14(23)21-6-2-5-20)13(17)15(7-18,8-19)22-10/h1,3-4H,2,6-8H2,(H,21,23). The average molecular weight is 377 g/mol. The van der Waals surface area contributed by atoms with Gasteiger partial charge in [0.05, 0.1) is 22.5 Å². The molecule has 122 valence electrons. The lowest BCUT2D eigenvalue weighted by atomic mass is 9.93. The Morgan fingerprint density at radius 2 is 2.04 bits per heavy atom. The lowest BCUT2D eigenvalue weighted by molar-refractivity contribution is 0.0553. The van der Waals surface area contributed by atoms with Crippen molar-refractivity contribution in [2.75, 3.05) is 19.9 Å². The van der Waals surface area contributed by atoms with Crippen LogP contribution in [-0.2, 0) is 0 Å². The molecule has 1 aromatic rings. The zero-order chi connectivity index (χ0) is 17.0. The minimum absolute atomic E-state index is 0.161. The second-order valence-corrected chi connectivity index (χ2v) is 6.02. The molecule has 23 heavy (non-hydrogen) atoms. The number of rotatable bonds is 5. The molecule has 0 saturated heterocycles. The van der Waals surface area contributed by atoms with E-state index in [9.17, 15) is 8.78 Å². The van der Waals surface area contributed by atoms with E-state index in [0.717, 1.165) is 0 Å². The molecule has 0 aliphatic carbocycles. The Morgan fingerprint density at radius 1 is 1.35 bits per heavy atom. The van der Waals surface area contributed by atoms with Gasteiger partial charge in [0.1, 0.15) is 24.1 Å². The Bertz CT molecular complexity index is 699. The molecule has 1 heterocycles. The third kappa shape index (κ3) is 3.27. The molecule has 0 saturated carbocycles. The van der Waals surface area contributed by atoms with Gasteiger partial charge in [0.15, 0.2) is 0 Å². The van der Waals surface area contributed by atoms with Crippen molar-refractivity contribution >= 4 is 46.0 Å². The van der Waals surface area contributed by atoms with Crippen molar-refractivity contribution in [1.29, 1.82) is 5.26 Å². The normalized spacial score (nSPS) is 15.4. The minimum atomic E-state index is -1.93. The minimum Gasteiger partial charge on any atom is -0.475 e. The van der Waals surface area contributed by atoms with E-state index in [0.29, 0.717) is 10.6 Å². The number of hydrogen-bond acceptors (Lipinski definition) is 3. The first-order chi connectivity index (χ1) is 11.0. The number of fused-ring (bicyclic) bond motifs is 1. The summed E-state index contributed by atoms with van der Waals surface area (Å²) in [5, 5.41) is 11.6. The van der Waals surface area contributed by atoms with Crippen molar-refractivity contribution in [2.24, 2.45) is 0 Å². The Hall–Kier alpha value is -1.42. The summed E-state index contributed by atoms with van der Waals surface area (Å²) in [7, 11) is 0. The molecule has 0 amide bonds. The van der Waals surface area contributed by atoms with Gasteiger partial charge in [-0.3, -0.25) is 0 Å². The van der Waals surface area contributed by atoms with Gasteiger partial charge in [-0.15, -0.1) is 0 Å². The van der Waals surface area contributed by atoms with Crippen LogP contribution in [-0.4, -0.2) is 30.5 Å². The number of hydrogen-bond donors (Lipinski definition) is 1. The molecule has 1 aromatic carbocycles. The molecular formula is C15H12Cl2F2N2OS. The molecule has 0 bridgehead atoms. The van der Waals surface area contributed by atoms with Crippen molar-refractivity contribution in [1.82, 2.24) is 5.32 Å². The van der Waals surface area contributed by atoms with Crippen LogP contribution in [0.5, 0.6) is 5.75 Å². The molecule has 0 atom stereocenters. The fraction of sp³-hybridized carbons (Fsp3) is 0.333. The van der Waals surface area contributed by atoms with Crippen LogP contribution >= 0.6 is 35.4 Å². The molecule has 1 aliphatic rings. The first-order valence-electron chi connectivity index (χ1n) is 6.66. The number of thiocarbonyl (C=S) groups is 1. The predicted octanol–water partition coefficient (Wildman–Crippen LogP) is 4.19. The molecule has 0 radical (unpaired) electrons. The van der Waals surface area contributed by atoms with Crippen LogP contribution < -0.4 is 10.1 Å². The van der Waals surface area contributed by atoms with Gasteiger partial charge in [-0.25, -0.2) is 8.78 Å². The fourth-order valence-corrected chi connectivity index (χ4v) is 3.12. The second-order valence-electron chi connectivity index (χ2n) is 4.83. The summed E-state index contributed by atoms with van der Waals surface area (Å²) in [6, 6.07) is 6.71. The molecule has 8 heteroatoms. The second kappa shape index (κ2) is 7.43. The van der Waals surface area contributed by atoms with Crippen LogP contribution in [0.25, 0.3) is 5.57 Å². The molecular weight excluding hydrogens is 365 g/mol. The lowest BCUT2D eigenvalue weighted by Gasteiger charge is -2.36. The van der Waals surface area contributed by atoms with Crippen molar-refractivity contribution in [3.63, 3.8) is 0 Å². The maximum atomic E-state index is 13.5. The highest BCUT2D eigenvalue weighted by Gasteiger charge is 2.44. The summed E-state index contributed by atoms with van der Waals surface area (Å²) in [6.07, 6.45) is 0.217. The molecule has 1 aliphatic heterocycles.